The lowest BCUT2D eigenvalue weighted by atomic mass is 10.1. The molecule has 0 bridgehead atoms. The minimum Gasteiger partial charge on any atom is -0.340 e. The first-order valence-electron chi connectivity index (χ1n) is 6.66. The van der Waals surface area contributed by atoms with Crippen LogP contribution >= 0.6 is 28.3 Å². The number of hydrogen-bond donors (Lipinski definition) is 1. The third kappa shape index (κ3) is 4.56. The van der Waals surface area contributed by atoms with E-state index < -0.39 is 0 Å². The van der Waals surface area contributed by atoms with Gasteiger partial charge in [0.2, 0.25) is 5.91 Å². The highest BCUT2D eigenvalue weighted by atomic mass is 79.9. The number of halogens is 2. The van der Waals surface area contributed by atoms with E-state index in [4.69, 9.17) is 0 Å². The first-order valence-corrected chi connectivity index (χ1v) is 7.46. The summed E-state index contributed by atoms with van der Waals surface area (Å²) < 4.78 is 2.73. The van der Waals surface area contributed by atoms with E-state index in [2.05, 4.69) is 26.3 Å². The maximum absolute atomic E-state index is 12.6. The minimum absolute atomic E-state index is 0. The van der Waals surface area contributed by atoms with Crippen LogP contribution in [0.5, 0.6) is 0 Å². The lowest BCUT2D eigenvalue weighted by Gasteiger charge is -2.23. The van der Waals surface area contributed by atoms with Crippen molar-refractivity contribution >= 4 is 34.2 Å². The molecule has 0 fully saturated rings. The Morgan fingerprint density at radius 3 is 2.55 bits per heavy atom. The Labute approximate surface area is 145 Å². The molecule has 5 nitrogen and oxygen atoms in total. The molecule has 1 N–H and O–H groups in total. The summed E-state index contributed by atoms with van der Waals surface area (Å²) in [5.41, 5.74) is 1.96. The molecule has 0 aliphatic carbocycles. The number of aromatic nitrogens is 2. The Kier molecular flexibility index (Phi) is 7.06. The first kappa shape index (κ1) is 18.7. The van der Waals surface area contributed by atoms with Gasteiger partial charge in [-0.1, -0.05) is 28.1 Å². The molecule has 0 aliphatic heterocycles. The van der Waals surface area contributed by atoms with Crippen molar-refractivity contribution in [1.82, 2.24) is 20.0 Å². The van der Waals surface area contributed by atoms with E-state index in [1.165, 1.54) is 0 Å². The van der Waals surface area contributed by atoms with E-state index in [9.17, 15) is 4.79 Å². The van der Waals surface area contributed by atoms with Crippen molar-refractivity contribution in [3.05, 3.63) is 52.3 Å². The summed E-state index contributed by atoms with van der Waals surface area (Å²) in [5.74, 6) is 0.0217. The highest BCUT2D eigenvalue weighted by Gasteiger charge is 2.23. The van der Waals surface area contributed by atoms with Crippen LogP contribution in [0, 0.1) is 0 Å². The van der Waals surface area contributed by atoms with Gasteiger partial charge in [-0.3, -0.25) is 9.48 Å². The third-order valence-corrected chi connectivity index (χ3v) is 3.83. The van der Waals surface area contributed by atoms with Gasteiger partial charge in [0.05, 0.1) is 6.20 Å². The monoisotopic (exact) mass is 386 g/mol. The van der Waals surface area contributed by atoms with Gasteiger partial charge in [-0.2, -0.15) is 5.10 Å². The predicted molar refractivity (Wildman–Crippen MR) is 92.9 cm³/mol. The van der Waals surface area contributed by atoms with Crippen LogP contribution in [0.3, 0.4) is 0 Å². The van der Waals surface area contributed by atoms with E-state index in [0.717, 1.165) is 15.6 Å². The summed E-state index contributed by atoms with van der Waals surface area (Å²) in [6.07, 6.45) is 3.57. The standard InChI is InChI=1S/C15H19BrN4O.ClH/c1-17-14(12-8-18-20(3)10-12)15(21)19(2)9-11-4-6-13(16)7-5-11;/h4-8,10,14,17H,9H2,1-3H3;1H. The molecule has 7 heteroatoms. The van der Waals surface area contributed by atoms with E-state index in [1.807, 2.05) is 44.6 Å². The molecule has 1 heterocycles. The lowest BCUT2D eigenvalue weighted by molar-refractivity contribution is -0.132. The normalized spacial score (nSPS) is 11.6. The summed E-state index contributed by atoms with van der Waals surface area (Å²) in [7, 11) is 5.43. The van der Waals surface area contributed by atoms with Crippen LogP contribution < -0.4 is 5.32 Å². The Hall–Kier alpha value is -1.37. The molecule has 2 aromatic rings. The highest BCUT2D eigenvalue weighted by molar-refractivity contribution is 9.10. The highest BCUT2D eigenvalue weighted by Crippen LogP contribution is 2.16. The van der Waals surface area contributed by atoms with E-state index >= 15 is 0 Å². The molecule has 2 rings (SSSR count). The van der Waals surface area contributed by atoms with Crippen molar-refractivity contribution in [3.8, 4) is 0 Å². The van der Waals surface area contributed by atoms with E-state index in [-0.39, 0.29) is 24.4 Å². The van der Waals surface area contributed by atoms with Gasteiger partial charge in [0.1, 0.15) is 6.04 Å². The Bertz CT molecular complexity index is 614. The number of amides is 1. The number of hydrogen-bond acceptors (Lipinski definition) is 3. The zero-order valence-electron chi connectivity index (χ0n) is 12.8. The van der Waals surface area contributed by atoms with Crippen molar-refractivity contribution < 1.29 is 4.79 Å². The first-order chi connectivity index (χ1) is 10.0. The third-order valence-electron chi connectivity index (χ3n) is 3.30. The van der Waals surface area contributed by atoms with Crippen LogP contribution in [0.25, 0.3) is 0 Å². The van der Waals surface area contributed by atoms with Crippen molar-refractivity contribution in [2.45, 2.75) is 12.6 Å². The average Bonchev–Trinajstić information content (AvgIpc) is 2.88. The molecular formula is C15H20BrClN4O. The molecule has 0 saturated heterocycles. The molecule has 1 aromatic carbocycles. The molecule has 1 atom stereocenters. The van der Waals surface area contributed by atoms with Crippen LogP contribution in [0.4, 0.5) is 0 Å². The second kappa shape index (κ2) is 8.31. The van der Waals surface area contributed by atoms with Gasteiger partial charge in [-0.15, -0.1) is 12.4 Å². The fourth-order valence-corrected chi connectivity index (χ4v) is 2.45. The number of nitrogens with zero attached hydrogens (tertiary/aromatic N) is 3. The van der Waals surface area contributed by atoms with Crippen LogP contribution in [-0.4, -0.2) is 34.7 Å². The zero-order valence-corrected chi connectivity index (χ0v) is 15.2. The van der Waals surface area contributed by atoms with E-state index in [0.29, 0.717) is 6.54 Å². The second-order valence-electron chi connectivity index (χ2n) is 4.99. The molecule has 120 valence electrons. The van der Waals surface area contributed by atoms with Crippen molar-refractivity contribution in [2.24, 2.45) is 7.05 Å². The van der Waals surface area contributed by atoms with Crippen LogP contribution in [0.1, 0.15) is 17.2 Å². The van der Waals surface area contributed by atoms with Gasteiger partial charge >= 0.3 is 0 Å². The molecule has 0 spiro atoms. The van der Waals surface area contributed by atoms with Gasteiger partial charge in [0.15, 0.2) is 0 Å². The fraction of sp³-hybridized carbons (Fsp3) is 0.333. The summed E-state index contributed by atoms with van der Waals surface area (Å²) in [4.78, 5) is 14.3. The second-order valence-corrected chi connectivity index (χ2v) is 5.91. The molecular weight excluding hydrogens is 368 g/mol. The van der Waals surface area contributed by atoms with Crippen LogP contribution in [0.2, 0.25) is 0 Å². The quantitative estimate of drug-likeness (QED) is 0.858. The average molecular weight is 388 g/mol. The number of rotatable bonds is 5. The van der Waals surface area contributed by atoms with Crippen LogP contribution in [0.15, 0.2) is 41.1 Å². The van der Waals surface area contributed by atoms with Crippen molar-refractivity contribution in [3.63, 3.8) is 0 Å². The van der Waals surface area contributed by atoms with E-state index in [1.54, 1.807) is 22.8 Å². The summed E-state index contributed by atoms with van der Waals surface area (Å²) in [6.45, 7) is 0.574. The van der Waals surface area contributed by atoms with Crippen LogP contribution in [-0.2, 0) is 18.4 Å². The number of carbonyl (C=O) groups excluding carboxylic acids is 1. The maximum atomic E-state index is 12.6. The molecule has 0 saturated carbocycles. The SMILES string of the molecule is CNC(C(=O)N(C)Cc1ccc(Br)cc1)c1cnn(C)c1.Cl. The van der Waals surface area contributed by atoms with Gasteiger partial charge in [0, 0.05) is 36.9 Å². The smallest absolute Gasteiger partial charge is 0.244 e. The minimum atomic E-state index is -0.376. The van der Waals surface area contributed by atoms with Gasteiger partial charge < -0.3 is 10.2 Å². The molecule has 0 radical (unpaired) electrons. The largest absolute Gasteiger partial charge is 0.340 e. The number of likely N-dealkylation sites (N-methyl/N-ethyl adjacent to an activating group) is 2. The maximum Gasteiger partial charge on any atom is 0.244 e. The zero-order chi connectivity index (χ0) is 15.4. The number of benzene rings is 1. The Morgan fingerprint density at radius 2 is 2.05 bits per heavy atom. The number of carbonyl (C=O) groups is 1. The van der Waals surface area contributed by atoms with Gasteiger partial charge in [0.25, 0.3) is 0 Å². The molecule has 1 amide bonds. The Balaban J connectivity index is 0.00000242. The predicted octanol–water partition coefficient (Wildman–Crippen LogP) is 2.52. The molecule has 0 aliphatic rings. The van der Waals surface area contributed by atoms with Crippen molar-refractivity contribution in [2.75, 3.05) is 14.1 Å². The van der Waals surface area contributed by atoms with Crippen molar-refractivity contribution in [1.29, 1.82) is 0 Å². The number of nitrogens with one attached hydrogen (secondary N) is 1. The van der Waals surface area contributed by atoms with Gasteiger partial charge in [-0.25, -0.2) is 0 Å². The lowest BCUT2D eigenvalue weighted by Crippen LogP contribution is -2.37. The Morgan fingerprint density at radius 1 is 1.41 bits per heavy atom. The fourth-order valence-electron chi connectivity index (χ4n) is 2.18. The van der Waals surface area contributed by atoms with Gasteiger partial charge in [-0.05, 0) is 24.7 Å². The number of aryl methyl sites for hydroxylation is 1. The topological polar surface area (TPSA) is 50.2 Å². The summed E-state index contributed by atoms with van der Waals surface area (Å²) in [6, 6.07) is 7.59. The molecule has 1 aromatic heterocycles. The molecule has 1 unspecified atom stereocenters. The summed E-state index contributed by atoms with van der Waals surface area (Å²) >= 11 is 3.41. The molecule has 22 heavy (non-hydrogen) atoms. The summed E-state index contributed by atoms with van der Waals surface area (Å²) in [5, 5.41) is 7.18.